The van der Waals surface area contributed by atoms with Gasteiger partial charge in [0.15, 0.2) is 0 Å². The second kappa shape index (κ2) is 7.26. The molecule has 1 N–H and O–H groups in total. The number of carbonyl (C=O) groups is 1. The summed E-state index contributed by atoms with van der Waals surface area (Å²) in [6, 6.07) is 21.5. The first-order chi connectivity index (χ1) is 12.1. The van der Waals surface area contributed by atoms with Crippen LogP contribution in [-0.4, -0.2) is 26.1 Å². The summed E-state index contributed by atoms with van der Waals surface area (Å²) in [4.78, 5) is 14.6. The molecule has 0 aliphatic carbocycles. The Morgan fingerprint density at radius 1 is 1.00 bits per heavy atom. The molecule has 0 spiro atoms. The molecule has 1 atom stereocenters. The number of anilines is 2. The molecule has 128 valence electrons. The predicted molar refractivity (Wildman–Crippen MR) is 103 cm³/mol. The topological polar surface area (TPSA) is 41.6 Å². The SMILES string of the molecule is COc1ccccc1NC(=O)C(C)N(C)c1ccc2ccccc2c1. The van der Waals surface area contributed by atoms with Crippen molar-refractivity contribution >= 4 is 28.1 Å². The van der Waals surface area contributed by atoms with Gasteiger partial charge in [0, 0.05) is 12.7 Å². The van der Waals surface area contributed by atoms with Crippen LogP contribution in [0.25, 0.3) is 10.8 Å². The van der Waals surface area contributed by atoms with E-state index in [2.05, 4.69) is 29.6 Å². The molecule has 3 rings (SSSR count). The largest absolute Gasteiger partial charge is 0.495 e. The summed E-state index contributed by atoms with van der Waals surface area (Å²) < 4.78 is 5.29. The second-order valence-corrected chi connectivity index (χ2v) is 6.01. The van der Waals surface area contributed by atoms with Gasteiger partial charge in [0.1, 0.15) is 11.8 Å². The fraction of sp³-hybridized carbons (Fsp3) is 0.190. The number of amides is 1. The summed E-state index contributed by atoms with van der Waals surface area (Å²) in [5, 5.41) is 5.29. The van der Waals surface area contributed by atoms with Crippen molar-refractivity contribution in [2.75, 3.05) is 24.4 Å². The van der Waals surface area contributed by atoms with Crippen LogP contribution in [0.15, 0.2) is 66.7 Å². The van der Waals surface area contributed by atoms with Crippen LogP contribution in [0.3, 0.4) is 0 Å². The van der Waals surface area contributed by atoms with Gasteiger partial charge in [-0.2, -0.15) is 0 Å². The molecule has 1 unspecified atom stereocenters. The van der Waals surface area contributed by atoms with Crippen LogP contribution in [0, 0.1) is 0 Å². The van der Waals surface area contributed by atoms with E-state index in [0.29, 0.717) is 11.4 Å². The lowest BCUT2D eigenvalue weighted by Gasteiger charge is -2.26. The second-order valence-electron chi connectivity index (χ2n) is 6.01. The quantitative estimate of drug-likeness (QED) is 0.756. The number of carbonyl (C=O) groups excluding carboxylic acids is 1. The van der Waals surface area contributed by atoms with Crippen LogP contribution in [-0.2, 0) is 4.79 Å². The third kappa shape index (κ3) is 3.58. The van der Waals surface area contributed by atoms with Crippen LogP contribution < -0.4 is 15.0 Å². The Labute approximate surface area is 148 Å². The van der Waals surface area contributed by atoms with E-state index in [4.69, 9.17) is 4.74 Å². The van der Waals surface area contributed by atoms with Crippen molar-refractivity contribution in [3.8, 4) is 5.75 Å². The smallest absolute Gasteiger partial charge is 0.246 e. The normalized spacial score (nSPS) is 11.8. The zero-order chi connectivity index (χ0) is 17.8. The van der Waals surface area contributed by atoms with E-state index >= 15 is 0 Å². The predicted octanol–water partition coefficient (Wildman–Crippen LogP) is 4.31. The molecule has 0 heterocycles. The summed E-state index contributed by atoms with van der Waals surface area (Å²) in [7, 11) is 3.52. The first-order valence-corrected chi connectivity index (χ1v) is 8.25. The van der Waals surface area contributed by atoms with E-state index in [0.717, 1.165) is 11.1 Å². The molecule has 0 saturated heterocycles. The first-order valence-electron chi connectivity index (χ1n) is 8.25. The van der Waals surface area contributed by atoms with Gasteiger partial charge in [0.05, 0.1) is 12.8 Å². The molecule has 0 saturated carbocycles. The lowest BCUT2D eigenvalue weighted by molar-refractivity contribution is -0.117. The number of rotatable bonds is 5. The lowest BCUT2D eigenvalue weighted by atomic mass is 10.1. The van der Waals surface area contributed by atoms with Gasteiger partial charge in [-0.05, 0) is 42.0 Å². The van der Waals surface area contributed by atoms with E-state index in [9.17, 15) is 4.79 Å². The molecular weight excluding hydrogens is 312 g/mol. The van der Waals surface area contributed by atoms with Gasteiger partial charge in [-0.1, -0.05) is 42.5 Å². The molecule has 0 radical (unpaired) electrons. The third-order valence-electron chi connectivity index (χ3n) is 4.47. The van der Waals surface area contributed by atoms with Gasteiger partial charge in [0.2, 0.25) is 5.91 Å². The molecule has 0 bridgehead atoms. The van der Waals surface area contributed by atoms with Gasteiger partial charge in [-0.15, -0.1) is 0 Å². The van der Waals surface area contributed by atoms with Gasteiger partial charge < -0.3 is 15.0 Å². The Hall–Kier alpha value is -3.01. The van der Waals surface area contributed by atoms with Crippen molar-refractivity contribution in [1.29, 1.82) is 0 Å². The molecule has 0 fully saturated rings. The molecule has 1 amide bonds. The third-order valence-corrected chi connectivity index (χ3v) is 4.47. The van der Waals surface area contributed by atoms with Gasteiger partial charge >= 0.3 is 0 Å². The van der Waals surface area contributed by atoms with Crippen molar-refractivity contribution in [1.82, 2.24) is 0 Å². The minimum absolute atomic E-state index is 0.0832. The average molecular weight is 334 g/mol. The molecule has 0 aliphatic heterocycles. The molecule has 25 heavy (non-hydrogen) atoms. The maximum Gasteiger partial charge on any atom is 0.246 e. The average Bonchev–Trinajstić information content (AvgIpc) is 2.66. The summed E-state index contributed by atoms with van der Waals surface area (Å²) >= 11 is 0. The Balaban J connectivity index is 1.78. The van der Waals surface area contributed by atoms with Gasteiger partial charge in [-0.3, -0.25) is 4.79 Å². The molecular formula is C21H22N2O2. The standard InChI is InChI=1S/C21H22N2O2/c1-15(21(24)22-19-10-6-7-11-20(19)25-3)23(2)18-13-12-16-8-4-5-9-17(16)14-18/h4-15H,1-3H3,(H,22,24). The number of para-hydroxylation sites is 2. The molecule has 0 aliphatic rings. The number of nitrogens with one attached hydrogen (secondary N) is 1. The number of ether oxygens (including phenoxy) is 1. The Kier molecular flexibility index (Phi) is 4.89. The molecule has 3 aromatic rings. The number of likely N-dealkylation sites (N-methyl/N-ethyl adjacent to an activating group) is 1. The number of fused-ring (bicyclic) bond motifs is 1. The van der Waals surface area contributed by atoms with Crippen LogP contribution in [0.5, 0.6) is 5.75 Å². The summed E-state index contributed by atoms with van der Waals surface area (Å²) in [6.07, 6.45) is 0. The summed E-state index contributed by atoms with van der Waals surface area (Å²) in [5.41, 5.74) is 1.68. The molecule has 3 aromatic carbocycles. The first kappa shape index (κ1) is 16.8. The van der Waals surface area contributed by atoms with Crippen LogP contribution >= 0.6 is 0 Å². The van der Waals surface area contributed by atoms with Gasteiger partial charge in [-0.25, -0.2) is 0 Å². The van der Waals surface area contributed by atoms with E-state index in [-0.39, 0.29) is 11.9 Å². The number of hydrogen-bond donors (Lipinski definition) is 1. The highest BCUT2D eigenvalue weighted by molar-refractivity contribution is 5.98. The zero-order valence-corrected chi connectivity index (χ0v) is 14.7. The van der Waals surface area contributed by atoms with E-state index in [1.807, 2.05) is 61.3 Å². The number of hydrogen-bond acceptors (Lipinski definition) is 3. The lowest BCUT2D eigenvalue weighted by Crippen LogP contribution is -2.39. The maximum atomic E-state index is 12.7. The highest BCUT2D eigenvalue weighted by atomic mass is 16.5. The van der Waals surface area contributed by atoms with Crippen molar-refractivity contribution in [2.24, 2.45) is 0 Å². The van der Waals surface area contributed by atoms with Gasteiger partial charge in [0.25, 0.3) is 0 Å². The van der Waals surface area contributed by atoms with E-state index < -0.39 is 0 Å². The number of nitrogens with zero attached hydrogens (tertiary/aromatic N) is 1. The maximum absolute atomic E-state index is 12.7. The monoisotopic (exact) mass is 334 g/mol. The Bertz CT molecular complexity index is 892. The van der Waals surface area contributed by atoms with Crippen LogP contribution in [0.4, 0.5) is 11.4 Å². The van der Waals surface area contributed by atoms with Crippen LogP contribution in [0.2, 0.25) is 0 Å². The summed E-state index contributed by atoms with van der Waals surface area (Å²) in [5.74, 6) is 0.566. The fourth-order valence-corrected chi connectivity index (χ4v) is 2.78. The fourth-order valence-electron chi connectivity index (χ4n) is 2.78. The van der Waals surface area contributed by atoms with Crippen molar-refractivity contribution in [3.05, 3.63) is 66.7 Å². The molecule has 0 aromatic heterocycles. The van der Waals surface area contributed by atoms with Crippen molar-refractivity contribution in [2.45, 2.75) is 13.0 Å². The minimum atomic E-state index is -0.328. The summed E-state index contributed by atoms with van der Waals surface area (Å²) in [6.45, 7) is 1.89. The van der Waals surface area contributed by atoms with E-state index in [1.54, 1.807) is 7.11 Å². The van der Waals surface area contributed by atoms with Crippen LogP contribution in [0.1, 0.15) is 6.92 Å². The number of methoxy groups -OCH3 is 1. The highest BCUT2D eigenvalue weighted by Gasteiger charge is 2.19. The molecule has 4 nitrogen and oxygen atoms in total. The zero-order valence-electron chi connectivity index (χ0n) is 14.7. The van der Waals surface area contributed by atoms with Crippen molar-refractivity contribution < 1.29 is 9.53 Å². The minimum Gasteiger partial charge on any atom is -0.495 e. The van der Waals surface area contributed by atoms with E-state index in [1.165, 1.54) is 5.39 Å². The Morgan fingerprint density at radius 3 is 2.44 bits per heavy atom. The molecule has 4 heteroatoms. The number of benzene rings is 3. The Morgan fingerprint density at radius 2 is 1.68 bits per heavy atom. The highest BCUT2D eigenvalue weighted by Crippen LogP contribution is 2.25. The van der Waals surface area contributed by atoms with Crippen molar-refractivity contribution in [3.63, 3.8) is 0 Å².